The highest BCUT2D eigenvalue weighted by Crippen LogP contribution is 2.28. The van der Waals surface area contributed by atoms with Crippen LogP contribution in [-0.4, -0.2) is 25.4 Å². The summed E-state index contributed by atoms with van der Waals surface area (Å²) in [5.74, 6) is 1.31. The molecule has 1 aromatic heterocycles. The first-order valence-corrected chi connectivity index (χ1v) is 6.70. The van der Waals surface area contributed by atoms with E-state index in [1.165, 1.54) is 0 Å². The van der Waals surface area contributed by atoms with Gasteiger partial charge in [-0.05, 0) is 25.0 Å². The summed E-state index contributed by atoms with van der Waals surface area (Å²) >= 11 is 5.58. The first-order valence-electron chi connectivity index (χ1n) is 6.17. The molecule has 0 aliphatic carbocycles. The highest BCUT2D eigenvalue weighted by atomic mass is 35.5. The van der Waals surface area contributed by atoms with Gasteiger partial charge in [-0.2, -0.15) is 0 Å². The molecule has 2 aromatic rings. The Hall–Kier alpha value is -1.68. The lowest BCUT2D eigenvalue weighted by Gasteiger charge is -2.01. The van der Waals surface area contributed by atoms with Crippen molar-refractivity contribution in [3.63, 3.8) is 0 Å². The van der Waals surface area contributed by atoms with Gasteiger partial charge >= 0.3 is 0 Å². The molecule has 0 aliphatic heterocycles. The van der Waals surface area contributed by atoms with Gasteiger partial charge < -0.3 is 14.5 Å². The molecule has 5 heteroatoms. The van der Waals surface area contributed by atoms with E-state index < -0.39 is 0 Å². The summed E-state index contributed by atoms with van der Waals surface area (Å²) in [7, 11) is 1.57. The summed E-state index contributed by atoms with van der Waals surface area (Å²) in [4.78, 5) is 11.9. The molecule has 19 heavy (non-hydrogen) atoms. The van der Waals surface area contributed by atoms with E-state index in [1.807, 2.05) is 12.1 Å². The van der Waals surface area contributed by atoms with E-state index in [0.717, 1.165) is 18.2 Å². The second-order valence-corrected chi connectivity index (χ2v) is 4.52. The van der Waals surface area contributed by atoms with Crippen molar-refractivity contribution >= 4 is 28.5 Å². The molecule has 1 aromatic carbocycles. The monoisotopic (exact) mass is 281 g/mol. The number of amides is 1. The van der Waals surface area contributed by atoms with E-state index in [2.05, 4.69) is 5.32 Å². The van der Waals surface area contributed by atoms with Crippen molar-refractivity contribution in [2.24, 2.45) is 0 Å². The second kappa shape index (κ2) is 6.48. The summed E-state index contributed by atoms with van der Waals surface area (Å²) in [6.07, 6.45) is 1.74. The van der Waals surface area contributed by atoms with Crippen LogP contribution in [0.25, 0.3) is 11.0 Å². The summed E-state index contributed by atoms with van der Waals surface area (Å²) in [5.41, 5.74) is 0.593. The molecule has 4 nitrogen and oxygen atoms in total. The van der Waals surface area contributed by atoms with Gasteiger partial charge in [0.15, 0.2) is 17.1 Å². The molecule has 0 spiro atoms. The topological polar surface area (TPSA) is 51.5 Å². The second-order valence-electron chi connectivity index (χ2n) is 4.14. The summed E-state index contributed by atoms with van der Waals surface area (Å²) in [6.45, 7) is 0.597. The van der Waals surface area contributed by atoms with Gasteiger partial charge in [0.2, 0.25) is 0 Å². The molecule has 2 rings (SSSR count). The number of benzene rings is 1. The standard InChI is InChI=1S/C14H16ClNO3/c1-18-11-6-4-5-10-9-12(19-13(10)11)14(17)16-8-3-2-7-15/h4-6,9H,2-3,7-8H2,1H3,(H,16,17). The molecular formula is C14H16ClNO3. The van der Waals surface area contributed by atoms with Crippen LogP contribution in [0.1, 0.15) is 23.4 Å². The third-order valence-electron chi connectivity index (χ3n) is 2.80. The predicted octanol–water partition coefficient (Wildman–Crippen LogP) is 3.19. The Morgan fingerprint density at radius 3 is 3.00 bits per heavy atom. The van der Waals surface area contributed by atoms with E-state index >= 15 is 0 Å². The van der Waals surface area contributed by atoms with Crippen LogP contribution in [0.4, 0.5) is 0 Å². The third kappa shape index (κ3) is 3.20. The largest absolute Gasteiger partial charge is 0.493 e. The minimum absolute atomic E-state index is 0.215. The lowest BCUT2D eigenvalue weighted by atomic mass is 10.2. The molecule has 0 aliphatic rings. The number of carbonyl (C=O) groups is 1. The Balaban J connectivity index is 2.10. The molecule has 1 amide bonds. The molecule has 0 atom stereocenters. The zero-order valence-electron chi connectivity index (χ0n) is 10.7. The van der Waals surface area contributed by atoms with Crippen molar-refractivity contribution in [2.45, 2.75) is 12.8 Å². The summed E-state index contributed by atoms with van der Waals surface area (Å²) in [5, 5.41) is 3.65. The van der Waals surface area contributed by atoms with Crippen molar-refractivity contribution in [1.29, 1.82) is 0 Å². The van der Waals surface area contributed by atoms with Gasteiger partial charge in [0.05, 0.1) is 7.11 Å². The summed E-state index contributed by atoms with van der Waals surface area (Å²) in [6, 6.07) is 7.26. The van der Waals surface area contributed by atoms with Gasteiger partial charge in [-0.25, -0.2) is 0 Å². The smallest absolute Gasteiger partial charge is 0.287 e. The summed E-state index contributed by atoms with van der Waals surface area (Å²) < 4.78 is 10.7. The van der Waals surface area contributed by atoms with Crippen LogP contribution in [0.2, 0.25) is 0 Å². The number of ether oxygens (including phenoxy) is 1. The van der Waals surface area contributed by atoms with Crippen molar-refractivity contribution < 1.29 is 13.9 Å². The van der Waals surface area contributed by atoms with Crippen molar-refractivity contribution in [3.8, 4) is 5.75 Å². The highest BCUT2D eigenvalue weighted by Gasteiger charge is 2.14. The Kier molecular flexibility index (Phi) is 4.68. The molecule has 0 saturated heterocycles. The normalized spacial score (nSPS) is 10.6. The van der Waals surface area contributed by atoms with Crippen LogP contribution in [-0.2, 0) is 0 Å². The predicted molar refractivity (Wildman–Crippen MR) is 75.1 cm³/mol. The number of alkyl halides is 1. The molecule has 102 valence electrons. The Morgan fingerprint density at radius 2 is 2.26 bits per heavy atom. The number of hydrogen-bond acceptors (Lipinski definition) is 3. The van der Waals surface area contributed by atoms with Crippen molar-refractivity contribution in [2.75, 3.05) is 19.5 Å². The van der Waals surface area contributed by atoms with Crippen LogP contribution in [0, 0.1) is 0 Å². The zero-order chi connectivity index (χ0) is 13.7. The lowest BCUT2D eigenvalue weighted by molar-refractivity contribution is 0.0927. The van der Waals surface area contributed by atoms with E-state index in [4.69, 9.17) is 20.8 Å². The average Bonchev–Trinajstić information content (AvgIpc) is 2.87. The van der Waals surface area contributed by atoms with Gasteiger partial charge in [0.1, 0.15) is 0 Å². The zero-order valence-corrected chi connectivity index (χ0v) is 11.5. The molecule has 0 bridgehead atoms. The Labute approximate surface area is 116 Å². The molecule has 1 heterocycles. The van der Waals surface area contributed by atoms with Crippen molar-refractivity contribution in [3.05, 3.63) is 30.0 Å². The fourth-order valence-corrected chi connectivity index (χ4v) is 2.01. The first-order chi connectivity index (χ1) is 9.26. The fraction of sp³-hybridized carbons (Fsp3) is 0.357. The van der Waals surface area contributed by atoms with Crippen LogP contribution in [0.3, 0.4) is 0 Å². The number of methoxy groups -OCH3 is 1. The number of halogens is 1. The van der Waals surface area contributed by atoms with E-state index in [0.29, 0.717) is 29.5 Å². The number of fused-ring (bicyclic) bond motifs is 1. The van der Waals surface area contributed by atoms with Crippen molar-refractivity contribution in [1.82, 2.24) is 5.32 Å². The SMILES string of the molecule is COc1cccc2cc(C(=O)NCCCCCl)oc12. The van der Waals surface area contributed by atoms with Gasteiger partial charge in [-0.15, -0.1) is 11.6 Å². The molecule has 0 radical (unpaired) electrons. The number of unbranched alkanes of at least 4 members (excludes halogenated alkanes) is 1. The Morgan fingerprint density at radius 1 is 1.42 bits per heavy atom. The van der Waals surface area contributed by atoms with Crippen LogP contribution >= 0.6 is 11.6 Å². The van der Waals surface area contributed by atoms with Gasteiger partial charge in [-0.1, -0.05) is 12.1 Å². The third-order valence-corrected chi connectivity index (χ3v) is 3.06. The maximum atomic E-state index is 11.9. The minimum Gasteiger partial charge on any atom is -0.493 e. The highest BCUT2D eigenvalue weighted by molar-refractivity contribution is 6.17. The number of para-hydroxylation sites is 1. The number of rotatable bonds is 6. The van der Waals surface area contributed by atoms with Gasteiger partial charge in [-0.3, -0.25) is 4.79 Å². The fourth-order valence-electron chi connectivity index (χ4n) is 1.82. The number of hydrogen-bond donors (Lipinski definition) is 1. The number of furan rings is 1. The number of carbonyl (C=O) groups excluding carboxylic acids is 1. The van der Waals surface area contributed by atoms with Crippen LogP contribution < -0.4 is 10.1 Å². The quantitative estimate of drug-likeness (QED) is 0.653. The van der Waals surface area contributed by atoms with E-state index in [1.54, 1.807) is 19.2 Å². The Bertz CT molecular complexity index is 565. The van der Waals surface area contributed by atoms with Gasteiger partial charge in [0, 0.05) is 17.8 Å². The average molecular weight is 282 g/mol. The van der Waals surface area contributed by atoms with Crippen LogP contribution in [0.15, 0.2) is 28.7 Å². The lowest BCUT2D eigenvalue weighted by Crippen LogP contribution is -2.23. The van der Waals surface area contributed by atoms with E-state index in [9.17, 15) is 4.79 Å². The molecule has 1 N–H and O–H groups in total. The van der Waals surface area contributed by atoms with Crippen LogP contribution in [0.5, 0.6) is 5.75 Å². The molecule has 0 unspecified atom stereocenters. The minimum atomic E-state index is -0.215. The van der Waals surface area contributed by atoms with Gasteiger partial charge in [0.25, 0.3) is 5.91 Å². The molecular weight excluding hydrogens is 266 g/mol. The first kappa shape index (κ1) is 13.7. The van der Waals surface area contributed by atoms with E-state index in [-0.39, 0.29) is 5.91 Å². The molecule has 0 fully saturated rings. The molecule has 0 saturated carbocycles. The maximum Gasteiger partial charge on any atom is 0.287 e. The number of nitrogens with one attached hydrogen (secondary N) is 1. The maximum absolute atomic E-state index is 11.9.